The molecule has 5 nitrogen and oxygen atoms in total. The molecule has 4 rings (SSSR count). The fraction of sp³-hybridized carbons (Fsp3) is 1.00. The van der Waals surface area contributed by atoms with Crippen LogP contribution in [0.15, 0.2) is 0 Å². The topological polar surface area (TPSA) is 28.2 Å². The van der Waals surface area contributed by atoms with Crippen LogP contribution in [-0.4, -0.2) is 95.5 Å². The molecule has 3 aliphatic heterocycles. The Morgan fingerprint density at radius 2 is 1.38 bits per heavy atom. The molecule has 0 amide bonds. The van der Waals surface area contributed by atoms with E-state index >= 15 is 0 Å². The third kappa shape index (κ3) is 9.40. The lowest BCUT2D eigenvalue weighted by Crippen LogP contribution is -2.57. The van der Waals surface area contributed by atoms with Gasteiger partial charge in [-0.2, -0.15) is 0 Å². The third-order valence-electron chi connectivity index (χ3n) is 10.5. The largest absolute Gasteiger partial charge is 0.376 e. The van der Waals surface area contributed by atoms with Crippen molar-refractivity contribution in [3.8, 4) is 0 Å². The number of likely N-dealkylation sites (tertiary alicyclic amines) is 3. The van der Waals surface area contributed by atoms with Gasteiger partial charge in [0.2, 0.25) is 0 Å². The van der Waals surface area contributed by atoms with Gasteiger partial charge in [-0.3, -0.25) is 9.80 Å². The lowest BCUT2D eigenvalue weighted by molar-refractivity contribution is -0.0430. The van der Waals surface area contributed by atoms with Gasteiger partial charge < -0.3 is 14.4 Å². The Labute approximate surface area is 242 Å². The predicted molar refractivity (Wildman–Crippen MR) is 164 cm³/mol. The van der Waals surface area contributed by atoms with Gasteiger partial charge in [0.25, 0.3) is 0 Å². The molecule has 4 atom stereocenters. The highest BCUT2D eigenvalue weighted by Crippen LogP contribution is 2.46. The molecular formula is C34H65N3O2. The van der Waals surface area contributed by atoms with Crippen molar-refractivity contribution in [1.82, 2.24) is 14.7 Å². The number of hydrogen-bond acceptors (Lipinski definition) is 5. The van der Waals surface area contributed by atoms with Crippen LogP contribution in [-0.2, 0) is 9.47 Å². The van der Waals surface area contributed by atoms with Crippen molar-refractivity contribution in [3.63, 3.8) is 0 Å². The summed E-state index contributed by atoms with van der Waals surface area (Å²) >= 11 is 0. The first-order valence-corrected chi connectivity index (χ1v) is 16.5. The van der Waals surface area contributed by atoms with Crippen molar-refractivity contribution < 1.29 is 9.47 Å². The molecule has 228 valence electrons. The normalized spacial score (nSPS) is 30.0. The smallest absolute Gasteiger partial charge is 0.0627 e. The quantitative estimate of drug-likeness (QED) is 0.252. The van der Waals surface area contributed by atoms with Crippen LogP contribution in [0.1, 0.15) is 121 Å². The molecule has 3 saturated heterocycles. The second-order valence-corrected chi connectivity index (χ2v) is 17.1. The second kappa shape index (κ2) is 12.2. The molecule has 3 heterocycles. The summed E-state index contributed by atoms with van der Waals surface area (Å²) in [4.78, 5) is 8.30. The van der Waals surface area contributed by atoms with E-state index < -0.39 is 0 Å². The molecule has 2 unspecified atom stereocenters. The summed E-state index contributed by atoms with van der Waals surface area (Å²) in [7, 11) is 0. The molecule has 0 N–H and O–H groups in total. The number of nitrogens with zero attached hydrogens (tertiary/aromatic N) is 3. The monoisotopic (exact) mass is 548 g/mol. The van der Waals surface area contributed by atoms with Gasteiger partial charge in [-0.1, -0.05) is 13.8 Å². The molecule has 4 fully saturated rings. The molecule has 1 saturated carbocycles. The zero-order valence-electron chi connectivity index (χ0n) is 27.7. The molecule has 0 aromatic carbocycles. The minimum Gasteiger partial charge on any atom is -0.376 e. The van der Waals surface area contributed by atoms with Crippen LogP contribution >= 0.6 is 0 Å². The summed E-state index contributed by atoms with van der Waals surface area (Å²) in [5.41, 5.74) is 0.669. The summed E-state index contributed by atoms with van der Waals surface area (Å²) in [6, 6.07) is 2.38. The first-order valence-electron chi connectivity index (χ1n) is 16.5. The van der Waals surface area contributed by atoms with Crippen LogP contribution < -0.4 is 0 Å². The van der Waals surface area contributed by atoms with E-state index in [0.717, 1.165) is 56.1 Å². The number of piperazine rings is 1. The number of rotatable bonds is 13. The van der Waals surface area contributed by atoms with Gasteiger partial charge >= 0.3 is 0 Å². The van der Waals surface area contributed by atoms with Crippen molar-refractivity contribution in [2.45, 2.75) is 155 Å². The highest BCUT2D eigenvalue weighted by Gasteiger charge is 2.48. The summed E-state index contributed by atoms with van der Waals surface area (Å²) in [6.07, 6.45) is 10.5. The second-order valence-electron chi connectivity index (χ2n) is 17.1. The maximum absolute atomic E-state index is 6.48. The molecule has 39 heavy (non-hydrogen) atoms. The lowest BCUT2D eigenvalue weighted by atomic mass is 9.80. The van der Waals surface area contributed by atoms with Gasteiger partial charge in [0.15, 0.2) is 0 Å². The first-order chi connectivity index (χ1) is 18.0. The fourth-order valence-electron chi connectivity index (χ4n) is 7.53. The van der Waals surface area contributed by atoms with Crippen molar-refractivity contribution in [2.24, 2.45) is 17.3 Å². The zero-order valence-corrected chi connectivity index (χ0v) is 27.7. The number of hydrogen-bond donors (Lipinski definition) is 0. The van der Waals surface area contributed by atoms with Crippen LogP contribution in [0.2, 0.25) is 0 Å². The standard InChI is InChI=1S/C34H65N3O2/c1-31(2,3)37-24-29-22-30(37)23-36(29)28-12-17-35(18-13-28)19-20-38-34(9,10)16-15-33(7,8)14-11-26-21-27(26)25-39-32(4,5)6/h26-30H,11-25H2,1-10H3/t26?,27?,29-,30-/m1/s1. The van der Waals surface area contributed by atoms with Gasteiger partial charge in [-0.15, -0.1) is 0 Å². The van der Waals surface area contributed by atoms with Gasteiger partial charge in [-0.05, 0) is 137 Å². The Morgan fingerprint density at radius 3 is 1.97 bits per heavy atom. The summed E-state index contributed by atoms with van der Waals surface area (Å²) in [6.45, 7) is 31.1. The SMILES string of the molecule is CC(C)(CCC1CC1COC(C)(C)C)CCC(C)(C)OCCN1CCC(N2C[C@H]3C[C@@H]2CN3C(C)(C)C)CC1. The molecule has 0 radical (unpaired) electrons. The van der Waals surface area contributed by atoms with Crippen LogP contribution in [0.5, 0.6) is 0 Å². The lowest BCUT2D eigenvalue weighted by Gasteiger charge is -2.46. The van der Waals surface area contributed by atoms with E-state index in [1.54, 1.807) is 0 Å². The minimum atomic E-state index is -0.0357. The number of ether oxygens (including phenoxy) is 2. The van der Waals surface area contributed by atoms with Crippen molar-refractivity contribution in [2.75, 3.05) is 45.9 Å². The molecular weight excluding hydrogens is 482 g/mol. The van der Waals surface area contributed by atoms with Crippen LogP contribution in [0.4, 0.5) is 0 Å². The maximum Gasteiger partial charge on any atom is 0.0627 e. The van der Waals surface area contributed by atoms with Gasteiger partial charge in [-0.25, -0.2) is 0 Å². The molecule has 0 aromatic heterocycles. The molecule has 2 bridgehead atoms. The Hall–Kier alpha value is -0.200. The van der Waals surface area contributed by atoms with E-state index in [1.807, 2.05) is 0 Å². The van der Waals surface area contributed by atoms with Crippen molar-refractivity contribution in [1.29, 1.82) is 0 Å². The molecule has 5 heteroatoms. The van der Waals surface area contributed by atoms with Crippen LogP contribution in [0, 0.1) is 17.3 Å². The summed E-state index contributed by atoms with van der Waals surface area (Å²) < 4.78 is 12.5. The van der Waals surface area contributed by atoms with Crippen LogP contribution in [0.25, 0.3) is 0 Å². The molecule has 0 spiro atoms. The van der Waals surface area contributed by atoms with E-state index in [0.29, 0.717) is 11.0 Å². The van der Waals surface area contributed by atoms with Crippen LogP contribution in [0.3, 0.4) is 0 Å². The first kappa shape index (κ1) is 31.7. The summed E-state index contributed by atoms with van der Waals surface area (Å²) in [5.74, 6) is 1.69. The molecule has 0 aromatic rings. The summed E-state index contributed by atoms with van der Waals surface area (Å²) in [5, 5.41) is 0. The van der Waals surface area contributed by atoms with E-state index in [9.17, 15) is 0 Å². The fourth-order valence-corrected chi connectivity index (χ4v) is 7.53. The number of piperidine rings is 1. The predicted octanol–water partition coefficient (Wildman–Crippen LogP) is 6.84. The van der Waals surface area contributed by atoms with E-state index in [1.165, 1.54) is 71.1 Å². The van der Waals surface area contributed by atoms with Gasteiger partial charge in [0.05, 0.1) is 24.4 Å². The highest BCUT2D eigenvalue weighted by atomic mass is 16.5. The van der Waals surface area contributed by atoms with Gasteiger partial charge in [0, 0.05) is 43.3 Å². The zero-order chi connectivity index (χ0) is 28.6. The Morgan fingerprint density at radius 1 is 0.692 bits per heavy atom. The van der Waals surface area contributed by atoms with Gasteiger partial charge in [0.1, 0.15) is 0 Å². The third-order valence-corrected chi connectivity index (χ3v) is 10.5. The molecule has 1 aliphatic carbocycles. The Bertz CT molecular complexity index is 774. The van der Waals surface area contributed by atoms with E-state index in [2.05, 4.69) is 83.9 Å². The average molecular weight is 548 g/mol. The maximum atomic E-state index is 6.48. The molecule has 4 aliphatic rings. The Kier molecular flexibility index (Phi) is 9.92. The number of fused-ring (bicyclic) bond motifs is 2. The highest BCUT2D eigenvalue weighted by molar-refractivity contribution is 5.05. The minimum absolute atomic E-state index is 0.00323. The average Bonchev–Trinajstić information content (AvgIpc) is 3.26. The van der Waals surface area contributed by atoms with E-state index in [4.69, 9.17) is 9.47 Å². The van der Waals surface area contributed by atoms with Crippen molar-refractivity contribution >= 4 is 0 Å². The Balaban J connectivity index is 1.07. The van der Waals surface area contributed by atoms with Crippen molar-refractivity contribution in [3.05, 3.63) is 0 Å². The van der Waals surface area contributed by atoms with E-state index in [-0.39, 0.29) is 11.2 Å².